The standard InChI is InChI=1S/C29H30N4O4/c1-5-37-28(35)21-13-16-23-24(17-21)31-27(34)25(23)26(20-9-7-6-8-10-20)30-22-14-11-19(12-15-22)18-33(4)29(36)32(2)3/h6-17,30H,5,18H2,1-4H3,(H,31,34)/b26-25-. The number of urea groups is 1. The van der Waals surface area contributed by atoms with Gasteiger partial charge in [0.05, 0.1) is 29.1 Å². The molecule has 37 heavy (non-hydrogen) atoms. The summed E-state index contributed by atoms with van der Waals surface area (Å²) in [5.41, 5.74) is 5.38. The fourth-order valence-corrected chi connectivity index (χ4v) is 4.17. The number of carbonyl (C=O) groups excluding carboxylic acids is 3. The largest absolute Gasteiger partial charge is 0.462 e. The summed E-state index contributed by atoms with van der Waals surface area (Å²) in [5.74, 6) is -0.695. The predicted octanol–water partition coefficient (Wildman–Crippen LogP) is 4.91. The van der Waals surface area contributed by atoms with Crippen LogP contribution in [0.2, 0.25) is 0 Å². The molecule has 0 spiro atoms. The Morgan fingerprint density at radius 1 is 0.919 bits per heavy atom. The number of anilines is 2. The molecule has 0 saturated carbocycles. The van der Waals surface area contributed by atoms with Crippen LogP contribution in [0.4, 0.5) is 16.2 Å². The summed E-state index contributed by atoms with van der Waals surface area (Å²) >= 11 is 0. The number of nitrogens with one attached hydrogen (secondary N) is 2. The minimum absolute atomic E-state index is 0.0738. The first-order chi connectivity index (χ1) is 17.8. The average Bonchev–Trinajstić information content (AvgIpc) is 3.22. The van der Waals surface area contributed by atoms with Crippen molar-refractivity contribution in [2.45, 2.75) is 13.5 Å². The lowest BCUT2D eigenvalue weighted by atomic mass is 9.99. The van der Waals surface area contributed by atoms with Crippen molar-refractivity contribution in [3.8, 4) is 0 Å². The molecule has 1 aliphatic heterocycles. The number of carbonyl (C=O) groups is 3. The fourth-order valence-electron chi connectivity index (χ4n) is 4.17. The second-order valence-corrected chi connectivity index (χ2v) is 8.91. The van der Waals surface area contributed by atoms with E-state index in [4.69, 9.17) is 4.74 Å². The third kappa shape index (κ3) is 5.64. The first-order valence-electron chi connectivity index (χ1n) is 12.0. The number of rotatable bonds is 7. The Morgan fingerprint density at radius 2 is 1.62 bits per heavy atom. The Labute approximate surface area is 216 Å². The third-order valence-corrected chi connectivity index (χ3v) is 5.94. The Hall–Kier alpha value is -4.59. The maximum atomic E-state index is 13.2. The Bertz CT molecular complexity index is 1350. The summed E-state index contributed by atoms with van der Waals surface area (Å²) in [6.07, 6.45) is 0. The molecular formula is C29H30N4O4. The van der Waals surface area contributed by atoms with Crippen LogP contribution in [0.25, 0.3) is 11.3 Å². The summed E-state index contributed by atoms with van der Waals surface area (Å²) < 4.78 is 5.10. The molecule has 1 aliphatic rings. The molecule has 0 radical (unpaired) electrons. The number of amides is 3. The lowest BCUT2D eigenvalue weighted by molar-refractivity contribution is -0.110. The SMILES string of the molecule is CCOC(=O)c1ccc2c(c1)NC(=O)/C2=C(\Nc1ccc(CN(C)C(=O)N(C)C)cc1)c1ccccc1. The smallest absolute Gasteiger partial charge is 0.338 e. The van der Waals surface area contributed by atoms with Crippen LogP contribution in [0, 0.1) is 0 Å². The average molecular weight is 499 g/mol. The van der Waals surface area contributed by atoms with E-state index in [1.807, 2.05) is 54.6 Å². The first-order valence-corrected chi connectivity index (χ1v) is 12.0. The van der Waals surface area contributed by atoms with Crippen LogP contribution in [-0.2, 0) is 16.1 Å². The maximum Gasteiger partial charge on any atom is 0.338 e. The summed E-state index contributed by atoms with van der Waals surface area (Å²) in [6.45, 7) is 2.50. The molecule has 190 valence electrons. The number of hydrogen-bond donors (Lipinski definition) is 2. The quantitative estimate of drug-likeness (QED) is 0.357. The van der Waals surface area contributed by atoms with E-state index in [0.717, 1.165) is 16.8 Å². The van der Waals surface area contributed by atoms with Crippen LogP contribution in [-0.4, -0.2) is 55.5 Å². The Balaban J connectivity index is 1.68. The number of fused-ring (bicyclic) bond motifs is 1. The molecule has 4 rings (SSSR count). The van der Waals surface area contributed by atoms with Crippen LogP contribution in [0.3, 0.4) is 0 Å². The number of hydrogen-bond acceptors (Lipinski definition) is 5. The lowest BCUT2D eigenvalue weighted by Gasteiger charge is -2.22. The van der Waals surface area contributed by atoms with Crippen molar-refractivity contribution < 1.29 is 19.1 Å². The van der Waals surface area contributed by atoms with Gasteiger partial charge in [0.1, 0.15) is 0 Å². The summed E-state index contributed by atoms with van der Waals surface area (Å²) in [5, 5.41) is 6.31. The van der Waals surface area contributed by atoms with Gasteiger partial charge in [0.2, 0.25) is 0 Å². The van der Waals surface area contributed by atoms with Gasteiger partial charge in [-0.25, -0.2) is 9.59 Å². The van der Waals surface area contributed by atoms with Crippen molar-refractivity contribution in [2.75, 3.05) is 38.4 Å². The monoisotopic (exact) mass is 498 g/mol. The Kier molecular flexibility index (Phi) is 7.57. The number of ether oxygens (including phenoxy) is 1. The molecule has 3 amide bonds. The van der Waals surface area contributed by atoms with E-state index < -0.39 is 5.97 Å². The lowest BCUT2D eigenvalue weighted by Crippen LogP contribution is -2.35. The van der Waals surface area contributed by atoms with E-state index >= 15 is 0 Å². The highest BCUT2D eigenvalue weighted by molar-refractivity contribution is 6.37. The third-order valence-electron chi connectivity index (χ3n) is 5.94. The van der Waals surface area contributed by atoms with Crippen LogP contribution in [0.5, 0.6) is 0 Å². The topological polar surface area (TPSA) is 91.0 Å². The van der Waals surface area contributed by atoms with Gasteiger partial charge in [-0.15, -0.1) is 0 Å². The van der Waals surface area contributed by atoms with Crippen molar-refractivity contribution in [1.82, 2.24) is 9.80 Å². The van der Waals surface area contributed by atoms with Gasteiger partial charge in [-0.2, -0.15) is 0 Å². The van der Waals surface area contributed by atoms with Crippen molar-refractivity contribution in [3.05, 3.63) is 95.1 Å². The van der Waals surface area contributed by atoms with Gasteiger partial charge in [-0.1, -0.05) is 48.5 Å². The van der Waals surface area contributed by atoms with Gasteiger partial charge < -0.3 is 25.2 Å². The number of nitrogens with zero attached hydrogens (tertiary/aromatic N) is 2. The zero-order valence-corrected chi connectivity index (χ0v) is 21.4. The maximum absolute atomic E-state index is 13.2. The van der Waals surface area contributed by atoms with Crippen LogP contribution < -0.4 is 10.6 Å². The van der Waals surface area contributed by atoms with Crippen LogP contribution >= 0.6 is 0 Å². The number of esters is 1. The van der Waals surface area contributed by atoms with Gasteiger partial charge >= 0.3 is 12.0 Å². The van der Waals surface area contributed by atoms with Crippen LogP contribution in [0.15, 0.2) is 72.8 Å². The van der Waals surface area contributed by atoms with Crippen LogP contribution in [0.1, 0.15) is 34.0 Å². The summed E-state index contributed by atoms with van der Waals surface area (Å²) in [4.78, 5) is 40.7. The summed E-state index contributed by atoms with van der Waals surface area (Å²) in [6, 6.07) is 22.3. The van der Waals surface area contributed by atoms with Gasteiger partial charge in [0.25, 0.3) is 5.91 Å². The molecule has 3 aromatic rings. The minimum Gasteiger partial charge on any atom is -0.462 e. The summed E-state index contributed by atoms with van der Waals surface area (Å²) in [7, 11) is 5.20. The zero-order chi connectivity index (χ0) is 26.5. The minimum atomic E-state index is -0.434. The molecule has 0 aromatic heterocycles. The second kappa shape index (κ2) is 11.0. The van der Waals surface area contributed by atoms with E-state index in [2.05, 4.69) is 10.6 Å². The van der Waals surface area contributed by atoms with Crippen molar-refractivity contribution in [2.24, 2.45) is 0 Å². The van der Waals surface area contributed by atoms with E-state index in [1.165, 1.54) is 4.90 Å². The molecule has 0 bridgehead atoms. The molecule has 0 aliphatic carbocycles. The van der Waals surface area contributed by atoms with E-state index in [1.54, 1.807) is 51.2 Å². The highest BCUT2D eigenvalue weighted by Crippen LogP contribution is 2.38. The molecular weight excluding hydrogens is 468 g/mol. The molecule has 0 fully saturated rings. The molecule has 8 nitrogen and oxygen atoms in total. The predicted molar refractivity (Wildman–Crippen MR) is 145 cm³/mol. The van der Waals surface area contributed by atoms with Gasteiger partial charge in [0.15, 0.2) is 0 Å². The molecule has 1 heterocycles. The number of benzene rings is 3. The molecule has 2 N–H and O–H groups in total. The van der Waals surface area contributed by atoms with Crippen molar-refractivity contribution >= 4 is 40.6 Å². The highest BCUT2D eigenvalue weighted by atomic mass is 16.5. The van der Waals surface area contributed by atoms with E-state index in [-0.39, 0.29) is 18.5 Å². The molecule has 0 saturated heterocycles. The second-order valence-electron chi connectivity index (χ2n) is 8.91. The molecule has 0 atom stereocenters. The molecule has 0 unspecified atom stereocenters. The molecule has 8 heteroatoms. The van der Waals surface area contributed by atoms with E-state index in [9.17, 15) is 14.4 Å². The first kappa shape index (κ1) is 25.5. The van der Waals surface area contributed by atoms with E-state index in [0.29, 0.717) is 34.6 Å². The van der Waals surface area contributed by atoms with Gasteiger partial charge in [0, 0.05) is 38.9 Å². The van der Waals surface area contributed by atoms with Crippen molar-refractivity contribution in [1.29, 1.82) is 0 Å². The Morgan fingerprint density at radius 3 is 2.27 bits per heavy atom. The zero-order valence-electron chi connectivity index (χ0n) is 21.4. The van der Waals surface area contributed by atoms with Crippen molar-refractivity contribution in [3.63, 3.8) is 0 Å². The van der Waals surface area contributed by atoms with Gasteiger partial charge in [-0.05, 0) is 42.3 Å². The highest BCUT2D eigenvalue weighted by Gasteiger charge is 2.29. The molecule has 3 aromatic carbocycles. The van der Waals surface area contributed by atoms with Gasteiger partial charge in [-0.3, -0.25) is 4.79 Å². The fraction of sp³-hybridized carbons (Fsp3) is 0.207. The normalized spacial score (nSPS) is 13.4.